The molecular weight excluding hydrogens is 526 g/mol. The number of aliphatic carboxylic acids is 1. The first-order valence-corrected chi connectivity index (χ1v) is 13.0. The maximum atomic E-state index is 12.9. The number of carbonyl (C=O) groups is 2. The number of nitrogens with one attached hydrogen (secondary N) is 1. The summed E-state index contributed by atoms with van der Waals surface area (Å²) in [5.41, 5.74) is 4.43. The average Bonchev–Trinajstić information content (AvgIpc) is 3.40. The Morgan fingerprint density at radius 1 is 0.875 bits per heavy atom. The largest absolute Gasteiger partial charge is 0.489 e. The summed E-state index contributed by atoms with van der Waals surface area (Å²) in [6, 6.07) is 27.1. The average molecular weight is 552 g/mol. The summed E-state index contributed by atoms with van der Waals surface area (Å²) in [5, 5.41) is 13.0. The van der Waals surface area contributed by atoms with E-state index in [-0.39, 0.29) is 12.1 Å². The lowest BCUT2D eigenvalue weighted by atomic mass is 10.1. The molecule has 5 rings (SSSR count). The van der Waals surface area contributed by atoms with Gasteiger partial charge < -0.3 is 19.6 Å². The summed E-state index contributed by atoms with van der Waals surface area (Å²) in [6.07, 6.45) is 7.46. The van der Waals surface area contributed by atoms with Gasteiger partial charge in [0.2, 0.25) is 0 Å². The van der Waals surface area contributed by atoms with Crippen LogP contribution in [0, 0.1) is 0 Å². The van der Waals surface area contributed by atoms with Crippen molar-refractivity contribution in [3.8, 4) is 5.75 Å². The molecule has 0 fully saturated rings. The summed E-state index contributed by atoms with van der Waals surface area (Å²) in [5.74, 6) is -1.01. The molecule has 1 atom stereocenters. The third-order valence-corrected chi connectivity index (χ3v) is 6.51. The Morgan fingerprint density at radius 3 is 2.30 bits per heavy atom. The van der Waals surface area contributed by atoms with Gasteiger partial charge in [0.15, 0.2) is 0 Å². The molecule has 0 radical (unpaired) electrons. The number of carbonyl (C=O) groups excluding carboxylic acids is 1. The molecule has 0 bridgehead atoms. The summed E-state index contributed by atoms with van der Waals surface area (Å²) >= 11 is 5.94. The fourth-order valence-corrected chi connectivity index (χ4v) is 4.24. The number of benzene rings is 3. The molecule has 0 saturated carbocycles. The molecule has 2 aromatic heterocycles. The van der Waals surface area contributed by atoms with Crippen molar-refractivity contribution < 1.29 is 19.4 Å². The van der Waals surface area contributed by atoms with E-state index in [1.54, 1.807) is 40.9 Å². The van der Waals surface area contributed by atoms with Crippen molar-refractivity contribution in [2.45, 2.75) is 19.1 Å². The second kappa shape index (κ2) is 12.3. The first-order chi connectivity index (χ1) is 19.4. The zero-order chi connectivity index (χ0) is 27.9. The SMILES string of the molecule is O=C(N[C@@H](Cc1ccc(OCc2ccccc2)cc1)C(=O)O)c1cn2cc(/C=C/c3ccc(Cl)cc3)ccc2n1. The number of ether oxygens (including phenoxy) is 1. The number of carboxylic acid groups (broad SMARTS) is 1. The number of hydrogen-bond acceptors (Lipinski definition) is 4. The van der Waals surface area contributed by atoms with Crippen molar-refractivity contribution in [2.24, 2.45) is 0 Å². The molecule has 2 N–H and O–H groups in total. The zero-order valence-corrected chi connectivity index (χ0v) is 22.2. The number of aromatic nitrogens is 2. The van der Waals surface area contributed by atoms with Gasteiger partial charge in [0.1, 0.15) is 29.7 Å². The molecule has 0 saturated heterocycles. The predicted molar refractivity (Wildman–Crippen MR) is 155 cm³/mol. The van der Waals surface area contributed by atoms with Crippen LogP contribution in [0.2, 0.25) is 5.02 Å². The second-order valence-electron chi connectivity index (χ2n) is 9.23. The Balaban J connectivity index is 1.21. The lowest BCUT2D eigenvalue weighted by Gasteiger charge is -2.14. The molecule has 1 amide bonds. The van der Waals surface area contributed by atoms with E-state index in [1.807, 2.05) is 79.0 Å². The van der Waals surface area contributed by atoms with Crippen LogP contribution in [0.3, 0.4) is 0 Å². The number of rotatable bonds is 10. The minimum absolute atomic E-state index is 0.118. The molecule has 0 aliphatic heterocycles. The van der Waals surface area contributed by atoms with Crippen molar-refractivity contribution >= 4 is 41.3 Å². The number of nitrogens with zero attached hydrogens (tertiary/aromatic N) is 2. The lowest BCUT2D eigenvalue weighted by Crippen LogP contribution is -2.42. The van der Waals surface area contributed by atoms with Gasteiger partial charge >= 0.3 is 5.97 Å². The molecule has 0 aliphatic carbocycles. The van der Waals surface area contributed by atoms with Gasteiger partial charge in [-0.2, -0.15) is 0 Å². The molecule has 2 heterocycles. The second-order valence-corrected chi connectivity index (χ2v) is 9.66. The Bertz CT molecular complexity index is 1650. The normalized spacial score (nSPS) is 11.9. The van der Waals surface area contributed by atoms with E-state index < -0.39 is 17.9 Å². The molecule has 200 valence electrons. The van der Waals surface area contributed by atoms with Crippen LogP contribution >= 0.6 is 11.6 Å². The summed E-state index contributed by atoms with van der Waals surface area (Å²) in [7, 11) is 0. The minimum Gasteiger partial charge on any atom is -0.489 e. The molecule has 8 heteroatoms. The number of carboxylic acids is 1. The highest BCUT2D eigenvalue weighted by Crippen LogP contribution is 2.17. The topological polar surface area (TPSA) is 92.9 Å². The third-order valence-electron chi connectivity index (χ3n) is 6.26. The Morgan fingerprint density at radius 2 is 1.57 bits per heavy atom. The number of amides is 1. The van der Waals surface area contributed by atoms with Crippen LogP contribution in [-0.4, -0.2) is 32.4 Å². The Labute approximate surface area is 236 Å². The fraction of sp³-hybridized carbons (Fsp3) is 0.0938. The zero-order valence-electron chi connectivity index (χ0n) is 21.4. The monoisotopic (exact) mass is 551 g/mol. The Hall–Kier alpha value is -4.88. The predicted octanol–water partition coefficient (Wildman–Crippen LogP) is 6.16. The van der Waals surface area contributed by atoms with Gasteiger partial charge in [-0.25, -0.2) is 9.78 Å². The van der Waals surface area contributed by atoms with E-state index in [9.17, 15) is 14.7 Å². The molecule has 0 spiro atoms. The van der Waals surface area contributed by atoms with Crippen LogP contribution in [0.1, 0.15) is 32.7 Å². The fourth-order valence-electron chi connectivity index (χ4n) is 4.11. The standard InChI is InChI=1S/C32H26ClN3O4/c33-26-13-8-22(9-14-26)6-7-24-12-17-30-34-29(20-36(30)19-24)31(37)35-28(32(38)39)18-23-10-15-27(16-11-23)40-21-25-4-2-1-3-5-25/h1-17,19-20,28H,18,21H2,(H,35,37)(H,38,39)/b7-6+/t28-/m0/s1. The van der Waals surface area contributed by atoms with E-state index >= 15 is 0 Å². The smallest absolute Gasteiger partial charge is 0.326 e. The van der Waals surface area contributed by atoms with Gasteiger partial charge in [-0.3, -0.25) is 4.79 Å². The van der Waals surface area contributed by atoms with Gasteiger partial charge in [-0.1, -0.05) is 78.4 Å². The van der Waals surface area contributed by atoms with Gasteiger partial charge in [0, 0.05) is 23.8 Å². The molecule has 3 aromatic carbocycles. The van der Waals surface area contributed by atoms with Gasteiger partial charge in [0.25, 0.3) is 5.91 Å². The van der Waals surface area contributed by atoms with E-state index in [1.165, 1.54) is 0 Å². The van der Waals surface area contributed by atoms with Crippen LogP contribution in [0.15, 0.2) is 103 Å². The first-order valence-electron chi connectivity index (χ1n) is 12.6. The van der Waals surface area contributed by atoms with Gasteiger partial charge in [-0.15, -0.1) is 0 Å². The number of halogens is 1. The first kappa shape index (κ1) is 26.7. The maximum absolute atomic E-state index is 12.9. The Kier molecular flexibility index (Phi) is 8.23. The summed E-state index contributed by atoms with van der Waals surface area (Å²) in [6.45, 7) is 0.438. The lowest BCUT2D eigenvalue weighted by molar-refractivity contribution is -0.139. The van der Waals surface area contributed by atoms with E-state index in [0.717, 1.165) is 22.3 Å². The highest BCUT2D eigenvalue weighted by atomic mass is 35.5. The maximum Gasteiger partial charge on any atom is 0.326 e. The number of imidazole rings is 1. The number of fused-ring (bicyclic) bond motifs is 1. The van der Waals surface area contributed by atoms with Crippen LogP contribution in [0.4, 0.5) is 0 Å². The van der Waals surface area contributed by atoms with Crippen LogP contribution in [-0.2, 0) is 17.8 Å². The number of pyridine rings is 1. The van der Waals surface area contributed by atoms with Crippen molar-refractivity contribution in [1.29, 1.82) is 0 Å². The van der Waals surface area contributed by atoms with Crippen LogP contribution in [0.5, 0.6) is 5.75 Å². The van der Waals surface area contributed by atoms with Crippen molar-refractivity contribution in [3.63, 3.8) is 0 Å². The third kappa shape index (κ3) is 6.95. The van der Waals surface area contributed by atoms with E-state index in [0.29, 0.717) is 23.0 Å². The highest BCUT2D eigenvalue weighted by molar-refractivity contribution is 6.30. The van der Waals surface area contributed by atoms with Crippen LogP contribution in [0.25, 0.3) is 17.8 Å². The molecule has 0 unspecified atom stereocenters. The highest BCUT2D eigenvalue weighted by Gasteiger charge is 2.22. The minimum atomic E-state index is -1.13. The quantitative estimate of drug-likeness (QED) is 0.217. The van der Waals surface area contributed by atoms with Crippen LogP contribution < -0.4 is 10.1 Å². The van der Waals surface area contributed by atoms with Crippen molar-refractivity contribution in [1.82, 2.24) is 14.7 Å². The molecule has 0 aliphatic rings. The van der Waals surface area contributed by atoms with E-state index in [4.69, 9.17) is 16.3 Å². The van der Waals surface area contributed by atoms with Gasteiger partial charge in [0.05, 0.1) is 0 Å². The molecular formula is C32H26ClN3O4. The van der Waals surface area contributed by atoms with E-state index in [2.05, 4.69) is 10.3 Å². The molecule has 7 nitrogen and oxygen atoms in total. The van der Waals surface area contributed by atoms with Crippen molar-refractivity contribution in [2.75, 3.05) is 0 Å². The molecule has 5 aromatic rings. The summed E-state index contributed by atoms with van der Waals surface area (Å²) in [4.78, 5) is 29.2. The summed E-state index contributed by atoms with van der Waals surface area (Å²) < 4.78 is 7.53. The number of hydrogen-bond donors (Lipinski definition) is 2. The molecule has 40 heavy (non-hydrogen) atoms. The van der Waals surface area contributed by atoms with Gasteiger partial charge in [-0.05, 0) is 58.7 Å². The van der Waals surface area contributed by atoms with Crippen molar-refractivity contribution in [3.05, 3.63) is 136 Å².